The zero-order valence-electron chi connectivity index (χ0n) is 11.5. The van der Waals surface area contributed by atoms with Crippen LogP contribution >= 0.6 is 23.1 Å². The third-order valence-corrected chi connectivity index (χ3v) is 5.15. The predicted octanol–water partition coefficient (Wildman–Crippen LogP) is 4.67. The van der Waals surface area contributed by atoms with Crippen LogP contribution in [-0.4, -0.2) is 15.7 Å². The van der Waals surface area contributed by atoms with Crippen LogP contribution in [0.2, 0.25) is 0 Å². The van der Waals surface area contributed by atoms with Gasteiger partial charge >= 0.3 is 0 Å². The van der Waals surface area contributed by atoms with E-state index in [-0.39, 0.29) is 0 Å². The first-order valence-corrected chi connectivity index (χ1v) is 8.40. The van der Waals surface area contributed by atoms with Crippen LogP contribution in [0.25, 0.3) is 21.3 Å². The second-order valence-electron chi connectivity index (χ2n) is 4.51. The molecule has 0 radical (unpaired) electrons. The number of aryl methyl sites for hydroxylation is 1. The van der Waals surface area contributed by atoms with Crippen LogP contribution in [0.5, 0.6) is 0 Å². The van der Waals surface area contributed by atoms with E-state index in [0.29, 0.717) is 6.42 Å². The van der Waals surface area contributed by atoms with Gasteiger partial charge < -0.3 is 0 Å². The van der Waals surface area contributed by atoms with Crippen molar-refractivity contribution in [2.45, 2.75) is 18.4 Å². The molecule has 2 heterocycles. The maximum atomic E-state index is 8.70. The molecule has 2 aromatic heterocycles. The number of hydrogen-bond donors (Lipinski definition) is 0. The van der Waals surface area contributed by atoms with Crippen molar-refractivity contribution in [2.24, 2.45) is 0 Å². The van der Waals surface area contributed by atoms with Crippen molar-refractivity contribution in [3.05, 3.63) is 41.5 Å². The molecule has 1 aromatic carbocycles. The second-order valence-corrected chi connectivity index (χ2v) is 6.80. The lowest BCUT2D eigenvalue weighted by Gasteiger charge is -2.05. The zero-order chi connectivity index (χ0) is 14.7. The molecule has 0 N–H and O–H groups in total. The Balaban J connectivity index is 2.15. The molecule has 3 nitrogen and oxygen atoms in total. The topological polar surface area (TPSA) is 49.6 Å². The van der Waals surface area contributed by atoms with Crippen LogP contribution in [0.4, 0.5) is 0 Å². The molecule has 104 valence electrons. The molecule has 0 amide bonds. The van der Waals surface area contributed by atoms with Crippen molar-refractivity contribution in [3.63, 3.8) is 0 Å². The Labute approximate surface area is 131 Å². The molecule has 0 aliphatic heterocycles. The maximum Gasteiger partial charge on any atom is 0.128 e. The van der Waals surface area contributed by atoms with Crippen molar-refractivity contribution in [1.82, 2.24) is 9.97 Å². The van der Waals surface area contributed by atoms with Gasteiger partial charge in [-0.3, -0.25) is 0 Å². The van der Waals surface area contributed by atoms with Crippen LogP contribution in [0.3, 0.4) is 0 Å². The monoisotopic (exact) mass is 311 g/mol. The van der Waals surface area contributed by atoms with Crippen LogP contribution in [0, 0.1) is 18.3 Å². The largest absolute Gasteiger partial charge is 0.229 e. The minimum Gasteiger partial charge on any atom is -0.229 e. The standard InChI is InChI=1S/C16H13N3S2/c1-11-13(12-6-3-2-4-7-12)14-15(20-9-5-8-17)18-10-19-16(14)21-11/h2-4,6-7,10H,5,9H2,1H3. The Morgan fingerprint density at radius 2 is 2.05 bits per heavy atom. The highest BCUT2D eigenvalue weighted by Gasteiger charge is 2.16. The predicted molar refractivity (Wildman–Crippen MR) is 88.5 cm³/mol. The third kappa shape index (κ3) is 2.78. The van der Waals surface area contributed by atoms with E-state index in [1.165, 1.54) is 16.0 Å². The number of fused-ring (bicyclic) bond motifs is 1. The number of rotatable bonds is 4. The van der Waals surface area contributed by atoms with Crippen molar-refractivity contribution < 1.29 is 0 Å². The third-order valence-electron chi connectivity index (χ3n) is 3.14. The lowest BCUT2D eigenvalue weighted by atomic mass is 10.0. The summed E-state index contributed by atoms with van der Waals surface area (Å²) in [4.78, 5) is 11.1. The summed E-state index contributed by atoms with van der Waals surface area (Å²) in [7, 11) is 0. The Morgan fingerprint density at radius 3 is 2.81 bits per heavy atom. The molecule has 3 aromatic rings. The highest BCUT2D eigenvalue weighted by atomic mass is 32.2. The van der Waals surface area contributed by atoms with Crippen molar-refractivity contribution >= 4 is 33.3 Å². The van der Waals surface area contributed by atoms with Gasteiger partial charge in [0.05, 0.1) is 11.5 Å². The molecule has 0 fully saturated rings. The summed E-state index contributed by atoms with van der Waals surface area (Å²) in [6.07, 6.45) is 2.14. The summed E-state index contributed by atoms with van der Waals surface area (Å²) in [5.74, 6) is 0.756. The first kappa shape index (κ1) is 14.1. The minimum atomic E-state index is 0.528. The van der Waals surface area contributed by atoms with Crippen molar-refractivity contribution in [3.8, 4) is 17.2 Å². The number of benzene rings is 1. The number of hydrogen-bond acceptors (Lipinski definition) is 5. The summed E-state index contributed by atoms with van der Waals surface area (Å²) in [5.41, 5.74) is 2.41. The number of thioether (sulfide) groups is 1. The van der Waals surface area contributed by atoms with Crippen LogP contribution in [0.15, 0.2) is 41.7 Å². The minimum absolute atomic E-state index is 0.528. The molecule has 0 unspecified atom stereocenters. The fourth-order valence-electron chi connectivity index (χ4n) is 2.27. The Hall–Kier alpha value is -1.90. The molecule has 0 bridgehead atoms. The van der Waals surface area contributed by atoms with Gasteiger partial charge in [-0.15, -0.1) is 23.1 Å². The molecule has 0 saturated carbocycles. The van der Waals surface area contributed by atoms with E-state index >= 15 is 0 Å². The zero-order valence-corrected chi connectivity index (χ0v) is 13.2. The average Bonchev–Trinajstić information content (AvgIpc) is 2.85. The first-order valence-electron chi connectivity index (χ1n) is 6.60. The van der Waals surface area contributed by atoms with Gasteiger partial charge in [-0.25, -0.2) is 9.97 Å². The van der Waals surface area contributed by atoms with Crippen molar-refractivity contribution in [2.75, 3.05) is 5.75 Å². The number of thiophene rings is 1. The molecule has 21 heavy (non-hydrogen) atoms. The summed E-state index contributed by atoms with van der Waals surface area (Å²) in [6, 6.07) is 12.5. The van der Waals surface area contributed by atoms with Crippen molar-refractivity contribution in [1.29, 1.82) is 5.26 Å². The van der Waals surface area contributed by atoms with Crippen LogP contribution in [0.1, 0.15) is 11.3 Å². The highest BCUT2D eigenvalue weighted by Crippen LogP contribution is 2.41. The van der Waals surface area contributed by atoms with Gasteiger partial charge in [-0.2, -0.15) is 5.26 Å². The number of aromatic nitrogens is 2. The van der Waals surface area contributed by atoms with Crippen LogP contribution < -0.4 is 0 Å². The molecule has 0 aliphatic rings. The van der Waals surface area contributed by atoms with Gasteiger partial charge in [-0.05, 0) is 12.5 Å². The molecule has 5 heteroatoms. The van der Waals surface area contributed by atoms with Gasteiger partial charge in [0.25, 0.3) is 0 Å². The fourth-order valence-corrected chi connectivity index (χ4v) is 4.20. The first-order chi connectivity index (χ1) is 10.3. The van der Waals surface area contributed by atoms with Gasteiger partial charge in [0, 0.05) is 22.6 Å². The van der Waals surface area contributed by atoms with Gasteiger partial charge in [0.2, 0.25) is 0 Å². The van der Waals surface area contributed by atoms with E-state index in [9.17, 15) is 0 Å². The van der Waals surface area contributed by atoms with Gasteiger partial charge in [0.1, 0.15) is 16.2 Å². The van der Waals surface area contributed by atoms with E-state index in [2.05, 4.69) is 35.1 Å². The molecule has 3 rings (SSSR count). The Kier molecular flexibility index (Phi) is 4.18. The molecule has 0 atom stereocenters. The lowest BCUT2D eigenvalue weighted by molar-refractivity contribution is 1.10. The number of nitriles is 1. The Morgan fingerprint density at radius 1 is 1.24 bits per heavy atom. The average molecular weight is 311 g/mol. The normalized spacial score (nSPS) is 10.7. The summed E-state index contributed by atoms with van der Waals surface area (Å²) >= 11 is 3.33. The highest BCUT2D eigenvalue weighted by molar-refractivity contribution is 7.99. The number of nitrogens with zero attached hydrogens (tertiary/aromatic N) is 3. The van der Waals surface area contributed by atoms with Crippen LogP contribution in [-0.2, 0) is 0 Å². The van der Waals surface area contributed by atoms with Gasteiger partial charge in [-0.1, -0.05) is 30.3 Å². The molecular weight excluding hydrogens is 298 g/mol. The molecular formula is C16H13N3S2. The summed E-state index contributed by atoms with van der Waals surface area (Å²) in [5, 5.41) is 10.8. The summed E-state index contributed by atoms with van der Waals surface area (Å²) in [6.45, 7) is 2.12. The summed E-state index contributed by atoms with van der Waals surface area (Å²) < 4.78 is 0. The molecule has 0 aliphatic carbocycles. The smallest absolute Gasteiger partial charge is 0.128 e. The lowest BCUT2D eigenvalue weighted by Crippen LogP contribution is -1.87. The molecule has 0 saturated heterocycles. The second kappa shape index (κ2) is 6.25. The quantitative estimate of drug-likeness (QED) is 0.399. The maximum absolute atomic E-state index is 8.70. The SMILES string of the molecule is Cc1sc2ncnc(SCCC#N)c2c1-c1ccccc1. The van der Waals surface area contributed by atoms with E-state index in [1.54, 1.807) is 29.4 Å². The van der Waals surface area contributed by atoms with E-state index < -0.39 is 0 Å². The molecule has 0 spiro atoms. The fraction of sp³-hybridized carbons (Fsp3) is 0.188. The van der Waals surface area contributed by atoms with E-state index in [0.717, 1.165) is 21.0 Å². The Bertz CT molecular complexity index is 803. The van der Waals surface area contributed by atoms with E-state index in [4.69, 9.17) is 5.26 Å². The van der Waals surface area contributed by atoms with Gasteiger partial charge in [0.15, 0.2) is 0 Å². The van der Waals surface area contributed by atoms with E-state index in [1.807, 2.05) is 18.2 Å².